The Kier molecular flexibility index (Phi) is 3.34. The molecule has 120 valence electrons. The number of rotatable bonds is 5. The Balaban J connectivity index is 1.40. The minimum Gasteiger partial charge on any atom is -0.379 e. The molecule has 1 aliphatic heterocycles. The van der Waals surface area contributed by atoms with Crippen molar-refractivity contribution in [1.29, 1.82) is 0 Å². The molecule has 2 heterocycles. The normalized spacial score (nSPS) is 30.6. The van der Waals surface area contributed by atoms with Crippen LogP contribution >= 0.6 is 11.3 Å². The maximum atomic E-state index is 12.5. The molecule has 0 spiro atoms. The molecule has 8 heteroatoms. The third-order valence-electron chi connectivity index (χ3n) is 4.76. The summed E-state index contributed by atoms with van der Waals surface area (Å²) in [6.07, 6.45) is 2.06. The van der Waals surface area contributed by atoms with E-state index in [-0.39, 0.29) is 11.3 Å². The van der Waals surface area contributed by atoms with Crippen LogP contribution in [0.25, 0.3) is 0 Å². The lowest BCUT2D eigenvalue weighted by Gasteiger charge is -2.25. The second-order valence-corrected chi connectivity index (χ2v) is 9.51. The molecule has 0 aromatic carbocycles. The van der Waals surface area contributed by atoms with Crippen LogP contribution < -0.4 is 5.32 Å². The maximum Gasteiger partial charge on any atom is 0.252 e. The number of hydrogen-bond donors (Lipinski definition) is 1. The molecule has 4 rings (SSSR count). The number of carbonyl (C=O) groups is 1. The van der Waals surface area contributed by atoms with Crippen LogP contribution in [0.4, 0.5) is 0 Å². The first-order chi connectivity index (χ1) is 10.5. The van der Waals surface area contributed by atoms with E-state index in [0.717, 1.165) is 17.7 Å². The average Bonchev–Trinajstić information content (AvgIpc) is 3.33. The Morgan fingerprint density at radius 2 is 2.05 bits per heavy atom. The molecule has 0 radical (unpaired) electrons. The highest BCUT2D eigenvalue weighted by molar-refractivity contribution is 7.91. The molecule has 2 aliphatic carbocycles. The molecule has 0 atom stereocenters. The molecule has 1 N–H and O–H groups in total. The Morgan fingerprint density at radius 3 is 2.68 bits per heavy atom. The van der Waals surface area contributed by atoms with Gasteiger partial charge in [-0.1, -0.05) is 0 Å². The Hall–Kier alpha value is -0.960. The second kappa shape index (κ2) is 5.02. The van der Waals surface area contributed by atoms with Gasteiger partial charge in [0.2, 0.25) is 5.91 Å². The first kappa shape index (κ1) is 14.6. The summed E-state index contributed by atoms with van der Waals surface area (Å²) in [5.41, 5.74) is -0.0417. The fourth-order valence-corrected chi connectivity index (χ4v) is 5.78. The van der Waals surface area contributed by atoms with Gasteiger partial charge in [-0.25, -0.2) is 8.42 Å². The lowest BCUT2D eigenvalue weighted by Crippen LogP contribution is -2.40. The van der Waals surface area contributed by atoms with Crippen molar-refractivity contribution in [1.82, 2.24) is 9.62 Å². The highest BCUT2D eigenvalue weighted by Crippen LogP contribution is 2.75. The molecule has 22 heavy (non-hydrogen) atoms. The zero-order valence-electron chi connectivity index (χ0n) is 12.1. The number of sulfonamides is 1. The molecule has 0 unspecified atom stereocenters. The minimum absolute atomic E-state index is 0.0417. The molecule has 2 saturated carbocycles. The van der Waals surface area contributed by atoms with E-state index in [1.54, 1.807) is 12.1 Å². The number of nitrogens with zero attached hydrogens (tertiary/aromatic N) is 1. The zero-order valence-corrected chi connectivity index (χ0v) is 13.7. The number of morpholine rings is 1. The molecular formula is C14H18N2O4S2. The average molecular weight is 342 g/mol. The van der Waals surface area contributed by atoms with Gasteiger partial charge in [0, 0.05) is 18.0 Å². The van der Waals surface area contributed by atoms with Crippen LogP contribution in [0.3, 0.4) is 0 Å². The summed E-state index contributed by atoms with van der Waals surface area (Å²) in [6.45, 7) is 2.09. The molecule has 1 aromatic rings. The SMILES string of the molecule is O=C(NCc1ccc(S(=O)(=O)N2CCOCC2)s1)C12CC1C2. The molecule has 6 nitrogen and oxygen atoms in total. The Morgan fingerprint density at radius 1 is 1.36 bits per heavy atom. The molecule has 3 fully saturated rings. The zero-order chi connectivity index (χ0) is 15.4. The van der Waals surface area contributed by atoms with Gasteiger partial charge in [-0.05, 0) is 30.9 Å². The number of hydrogen-bond acceptors (Lipinski definition) is 5. The molecule has 1 saturated heterocycles. The largest absolute Gasteiger partial charge is 0.379 e. The van der Waals surface area contributed by atoms with Crippen molar-refractivity contribution < 1.29 is 17.9 Å². The van der Waals surface area contributed by atoms with Gasteiger partial charge >= 0.3 is 0 Å². The lowest BCUT2D eigenvalue weighted by molar-refractivity contribution is -0.124. The van der Waals surface area contributed by atoms with Gasteiger partial charge in [-0.3, -0.25) is 4.79 Å². The summed E-state index contributed by atoms with van der Waals surface area (Å²) in [6, 6.07) is 3.42. The standard InChI is InChI=1S/C14H18N2O4S2/c17-13(14-7-10(14)8-14)15-9-11-1-2-12(21-11)22(18,19)16-3-5-20-6-4-16/h1-2,10H,3-9H2,(H,15,17). The third kappa shape index (κ3) is 2.38. The summed E-state index contributed by atoms with van der Waals surface area (Å²) in [5.74, 6) is 0.747. The molecule has 1 aromatic heterocycles. The van der Waals surface area contributed by atoms with Crippen LogP contribution in [0.1, 0.15) is 17.7 Å². The number of nitrogens with one attached hydrogen (secondary N) is 1. The van der Waals surface area contributed by atoms with Gasteiger partial charge in [0.1, 0.15) is 4.21 Å². The molecule has 3 aliphatic rings. The quantitative estimate of drug-likeness (QED) is 0.859. The summed E-state index contributed by atoms with van der Waals surface area (Å²) in [5, 5.41) is 2.93. The number of fused-ring (bicyclic) bond motifs is 1. The summed E-state index contributed by atoms with van der Waals surface area (Å²) in [7, 11) is -3.43. The predicted octanol–water partition coefficient (Wildman–Crippen LogP) is 0.795. The number of carbonyl (C=O) groups excluding carboxylic acids is 1. The van der Waals surface area contributed by atoms with E-state index in [4.69, 9.17) is 4.74 Å². The van der Waals surface area contributed by atoms with Crippen molar-refractivity contribution in [2.75, 3.05) is 26.3 Å². The van der Waals surface area contributed by atoms with Gasteiger partial charge in [0.15, 0.2) is 0 Å². The summed E-state index contributed by atoms with van der Waals surface area (Å²) >= 11 is 1.23. The van der Waals surface area contributed by atoms with Crippen molar-refractivity contribution in [3.63, 3.8) is 0 Å². The van der Waals surface area contributed by atoms with Crippen LogP contribution in [-0.2, 0) is 26.1 Å². The summed E-state index contributed by atoms with van der Waals surface area (Å²) < 4.78 is 32.0. The highest BCUT2D eigenvalue weighted by atomic mass is 32.2. The van der Waals surface area contributed by atoms with Crippen LogP contribution in [0.2, 0.25) is 0 Å². The van der Waals surface area contributed by atoms with Gasteiger partial charge in [0.25, 0.3) is 10.0 Å². The van der Waals surface area contributed by atoms with E-state index in [2.05, 4.69) is 5.32 Å². The fraction of sp³-hybridized carbons (Fsp3) is 0.643. The van der Waals surface area contributed by atoms with Gasteiger partial charge < -0.3 is 10.1 Å². The first-order valence-corrected chi connectivity index (χ1v) is 9.73. The number of amides is 1. The van der Waals surface area contributed by atoms with E-state index < -0.39 is 10.0 Å². The monoisotopic (exact) mass is 342 g/mol. The molecule has 1 amide bonds. The van der Waals surface area contributed by atoms with Crippen LogP contribution in [-0.4, -0.2) is 44.9 Å². The predicted molar refractivity (Wildman–Crippen MR) is 80.9 cm³/mol. The first-order valence-electron chi connectivity index (χ1n) is 7.47. The molecule has 0 bridgehead atoms. The van der Waals surface area contributed by atoms with Gasteiger partial charge in [-0.15, -0.1) is 11.3 Å². The third-order valence-corrected chi connectivity index (χ3v) is 8.21. The smallest absolute Gasteiger partial charge is 0.252 e. The fourth-order valence-electron chi connectivity index (χ4n) is 2.92. The van der Waals surface area contributed by atoms with E-state index in [1.807, 2.05) is 0 Å². The van der Waals surface area contributed by atoms with Crippen molar-refractivity contribution >= 4 is 27.3 Å². The highest BCUT2D eigenvalue weighted by Gasteiger charge is 2.74. The van der Waals surface area contributed by atoms with Crippen molar-refractivity contribution in [2.45, 2.75) is 23.6 Å². The molecular weight excluding hydrogens is 324 g/mol. The maximum absolute atomic E-state index is 12.5. The van der Waals surface area contributed by atoms with Crippen LogP contribution in [0.15, 0.2) is 16.3 Å². The Labute approximate surface area is 133 Å². The van der Waals surface area contributed by atoms with Gasteiger partial charge in [0.05, 0.1) is 25.2 Å². The van der Waals surface area contributed by atoms with Crippen molar-refractivity contribution in [2.24, 2.45) is 11.3 Å². The summed E-state index contributed by atoms with van der Waals surface area (Å²) in [4.78, 5) is 12.8. The van der Waals surface area contributed by atoms with E-state index in [1.165, 1.54) is 15.6 Å². The van der Waals surface area contributed by atoms with E-state index in [9.17, 15) is 13.2 Å². The van der Waals surface area contributed by atoms with Crippen molar-refractivity contribution in [3.8, 4) is 0 Å². The minimum atomic E-state index is -3.43. The van der Waals surface area contributed by atoms with Crippen molar-refractivity contribution in [3.05, 3.63) is 17.0 Å². The van der Waals surface area contributed by atoms with Crippen LogP contribution in [0.5, 0.6) is 0 Å². The topological polar surface area (TPSA) is 75.7 Å². The number of thiophene rings is 1. The van der Waals surface area contributed by atoms with E-state index in [0.29, 0.717) is 43.0 Å². The van der Waals surface area contributed by atoms with E-state index >= 15 is 0 Å². The Bertz CT molecular complexity index is 700. The number of ether oxygens (including phenoxy) is 1. The van der Waals surface area contributed by atoms with Crippen LogP contribution in [0, 0.1) is 11.3 Å². The van der Waals surface area contributed by atoms with Gasteiger partial charge in [-0.2, -0.15) is 4.31 Å². The lowest BCUT2D eigenvalue weighted by atomic mass is 10.2. The second-order valence-electron chi connectivity index (χ2n) is 6.18.